The summed E-state index contributed by atoms with van der Waals surface area (Å²) >= 11 is 0. The fourth-order valence-corrected chi connectivity index (χ4v) is 1.32. The Labute approximate surface area is 120 Å². The number of nitro groups is 1. The minimum Gasteiger partial charge on any atom is -0.477 e. The largest absolute Gasteiger partial charge is 0.514 e. The fourth-order valence-electron chi connectivity index (χ4n) is 1.32. The average Bonchev–Trinajstić information content (AvgIpc) is 2.37. The van der Waals surface area contributed by atoms with Crippen LogP contribution >= 0.6 is 0 Å². The molecule has 8 nitrogen and oxygen atoms in total. The lowest BCUT2D eigenvalue weighted by Gasteiger charge is -2.22. The van der Waals surface area contributed by atoms with Gasteiger partial charge in [-0.3, -0.25) is 10.1 Å². The van der Waals surface area contributed by atoms with Gasteiger partial charge in [0.05, 0.1) is 4.92 Å². The van der Waals surface area contributed by atoms with Crippen molar-refractivity contribution in [1.82, 2.24) is 0 Å². The van der Waals surface area contributed by atoms with Crippen molar-refractivity contribution in [3.8, 4) is 5.75 Å². The first-order chi connectivity index (χ1) is 9.66. The molecule has 1 rings (SSSR count). The predicted octanol–water partition coefficient (Wildman–Crippen LogP) is 3.00. The molecule has 1 aromatic carbocycles. The number of nitro benzene ring substituents is 1. The van der Waals surface area contributed by atoms with Gasteiger partial charge in [0.15, 0.2) is 0 Å². The molecule has 0 fully saturated rings. The lowest BCUT2D eigenvalue weighted by atomic mass is 10.1. The summed E-state index contributed by atoms with van der Waals surface area (Å²) in [5.74, 6) is -1.63. The van der Waals surface area contributed by atoms with E-state index in [-0.39, 0.29) is 5.75 Å². The summed E-state index contributed by atoms with van der Waals surface area (Å²) in [4.78, 5) is 32.4. The van der Waals surface area contributed by atoms with Crippen LogP contribution in [0.25, 0.3) is 0 Å². The summed E-state index contributed by atoms with van der Waals surface area (Å²) < 4.78 is 9.86. The number of carbonyl (C=O) groups excluding carboxylic acids is 1. The van der Waals surface area contributed by atoms with Crippen LogP contribution in [-0.4, -0.2) is 27.8 Å². The predicted molar refractivity (Wildman–Crippen MR) is 71.5 cm³/mol. The van der Waals surface area contributed by atoms with Crippen LogP contribution in [0.15, 0.2) is 18.2 Å². The Hall–Kier alpha value is -2.64. The Morgan fingerprint density at radius 2 is 2.00 bits per heavy atom. The van der Waals surface area contributed by atoms with E-state index in [2.05, 4.69) is 0 Å². The second kappa shape index (κ2) is 6.21. The van der Waals surface area contributed by atoms with E-state index in [9.17, 15) is 19.7 Å². The molecule has 0 aliphatic heterocycles. The smallest absolute Gasteiger partial charge is 0.477 e. The molecule has 0 aliphatic rings. The van der Waals surface area contributed by atoms with Crippen molar-refractivity contribution in [2.24, 2.45) is 0 Å². The van der Waals surface area contributed by atoms with Gasteiger partial charge >= 0.3 is 12.1 Å². The van der Waals surface area contributed by atoms with Gasteiger partial charge in [0.2, 0.25) is 0 Å². The molecule has 1 aromatic rings. The van der Waals surface area contributed by atoms with E-state index in [0.717, 1.165) is 18.2 Å². The Morgan fingerprint density at radius 3 is 2.48 bits per heavy atom. The third-order valence-corrected chi connectivity index (χ3v) is 2.81. The van der Waals surface area contributed by atoms with Crippen LogP contribution in [0.3, 0.4) is 0 Å². The van der Waals surface area contributed by atoms with Gasteiger partial charge in [-0.2, -0.15) is 0 Å². The second-order valence-electron chi connectivity index (χ2n) is 4.81. The van der Waals surface area contributed by atoms with Crippen LogP contribution in [0.5, 0.6) is 5.75 Å². The highest BCUT2D eigenvalue weighted by Gasteiger charge is 2.24. The molecular weight excluding hydrogens is 282 g/mol. The maximum Gasteiger partial charge on any atom is 0.514 e. The first-order valence-corrected chi connectivity index (χ1v) is 6.09. The van der Waals surface area contributed by atoms with Crippen LogP contribution < -0.4 is 4.74 Å². The van der Waals surface area contributed by atoms with Crippen molar-refractivity contribution in [1.29, 1.82) is 0 Å². The molecule has 0 atom stereocenters. The maximum absolute atomic E-state index is 11.6. The molecule has 0 amide bonds. The molecule has 0 saturated carbocycles. The molecule has 0 aromatic heterocycles. The summed E-state index contributed by atoms with van der Waals surface area (Å²) in [5.41, 5.74) is -1.88. The third kappa shape index (κ3) is 4.44. The monoisotopic (exact) mass is 297 g/mol. The molecule has 1 N–H and O–H groups in total. The topological polar surface area (TPSA) is 116 Å². The number of carboxylic acids is 1. The molecule has 0 spiro atoms. The number of aromatic carboxylic acids is 1. The summed E-state index contributed by atoms with van der Waals surface area (Å²) in [5, 5.41) is 19.6. The van der Waals surface area contributed by atoms with E-state index in [0.29, 0.717) is 6.42 Å². The summed E-state index contributed by atoms with van der Waals surface area (Å²) in [7, 11) is 0. The number of hydrogen-bond acceptors (Lipinski definition) is 6. The molecule has 0 unspecified atom stereocenters. The van der Waals surface area contributed by atoms with Crippen LogP contribution in [0.1, 0.15) is 37.6 Å². The lowest BCUT2D eigenvalue weighted by molar-refractivity contribution is -0.385. The van der Waals surface area contributed by atoms with Crippen molar-refractivity contribution >= 4 is 17.8 Å². The maximum atomic E-state index is 11.6. The van der Waals surface area contributed by atoms with Gasteiger partial charge in [0.1, 0.15) is 16.9 Å². The number of hydrogen-bond donors (Lipinski definition) is 1. The second-order valence-corrected chi connectivity index (χ2v) is 4.81. The van der Waals surface area contributed by atoms with E-state index < -0.39 is 33.9 Å². The van der Waals surface area contributed by atoms with Gasteiger partial charge in [-0.1, -0.05) is 6.92 Å². The first kappa shape index (κ1) is 16.4. The minimum absolute atomic E-state index is 0.144. The Balaban J connectivity index is 2.96. The molecule has 21 heavy (non-hydrogen) atoms. The van der Waals surface area contributed by atoms with Crippen LogP contribution in [0.2, 0.25) is 0 Å². The van der Waals surface area contributed by atoms with E-state index >= 15 is 0 Å². The van der Waals surface area contributed by atoms with E-state index in [1.807, 2.05) is 6.92 Å². The van der Waals surface area contributed by atoms with Crippen LogP contribution in [0, 0.1) is 10.1 Å². The molecule has 8 heteroatoms. The minimum atomic E-state index is -1.49. The van der Waals surface area contributed by atoms with Crippen LogP contribution in [0.4, 0.5) is 10.5 Å². The molecule has 0 radical (unpaired) electrons. The molecule has 0 bridgehead atoms. The molecular formula is C13H15NO7. The van der Waals surface area contributed by atoms with Gasteiger partial charge < -0.3 is 14.6 Å². The Morgan fingerprint density at radius 1 is 1.38 bits per heavy atom. The number of nitrogens with zero attached hydrogens (tertiary/aromatic N) is 1. The van der Waals surface area contributed by atoms with Crippen molar-refractivity contribution < 1.29 is 29.1 Å². The lowest BCUT2D eigenvalue weighted by Crippen LogP contribution is -2.28. The molecule has 0 saturated heterocycles. The molecule has 114 valence electrons. The van der Waals surface area contributed by atoms with Crippen molar-refractivity contribution in [3.63, 3.8) is 0 Å². The molecule has 0 aliphatic carbocycles. The fraction of sp³-hybridized carbons (Fsp3) is 0.385. The van der Waals surface area contributed by atoms with Gasteiger partial charge in [-0.05, 0) is 26.3 Å². The van der Waals surface area contributed by atoms with Gasteiger partial charge in [0, 0.05) is 12.1 Å². The Kier molecular flexibility index (Phi) is 4.85. The zero-order chi connectivity index (χ0) is 16.2. The van der Waals surface area contributed by atoms with Crippen molar-refractivity contribution in [3.05, 3.63) is 33.9 Å². The summed E-state index contributed by atoms with van der Waals surface area (Å²) in [6, 6.07) is 2.99. The highest BCUT2D eigenvalue weighted by Crippen LogP contribution is 2.25. The Bertz CT molecular complexity index is 580. The van der Waals surface area contributed by atoms with E-state index in [4.69, 9.17) is 14.6 Å². The quantitative estimate of drug-likeness (QED) is 0.384. The normalized spacial score (nSPS) is 10.8. The zero-order valence-corrected chi connectivity index (χ0v) is 11.8. The number of ether oxygens (including phenoxy) is 2. The summed E-state index contributed by atoms with van der Waals surface area (Å²) in [6.45, 7) is 5.20. The van der Waals surface area contributed by atoms with E-state index in [1.54, 1.807) is 13.8 Å². The highest BCUT2D eigenvalue weighted by atomic mass is 16.7. The first-order valence-electron chi connectivity index (χ1n) is 6.09. The average molecular weight is 297 g/mol. The third-order valence-electron chi connectivity index (χ3n) is 2.81. The standard InChI is InChI=1S/C13H15NO7/c1-4-13(2,3)21-12(17)20-8-5-6-10(14(18)19)9(7-8)11(15)16/h5-7H,4H2,1-3H3,(H,15,16). The zero-order valence-electron chi connectivity index (χ0n) is 11.8. The van der Waals surface area contributed by atoms with Gasteiger partial charge in [0.25, 0.3) is 5.69 Å². The highest BCUT2D eigenvalue weighted by molar-refractivity contribution is 5.93. The van der Waals surface area contributed by atoms with Crippen LogP contribution in [-0.2, 0) is 4.74 Å². The summed E-state index contributed by atoms with van der Waals surface area (Å²) in [6.07, 6.45) is -0.449. The van der Waals surface area contributed by atoms with Crippen molar-refractivity contribution in [2.75, 3.05) is 0 Å². The molecule has 0 heterocycles. The van der Waals surface area contributed by atoms with E-state index in [1.165, 1.54) is 0 Å². The number of benzene rings is 1. The number of rotatable bonds is 5. The number of carboxylic acid groups (broad SMARTS) is 1. The van der Waals surface area contributed by atoms with Crippen molar-refractivity contribution in [2.45, 2.75) is 32.8 Å². The van der Waals surface area contributed by atoms with Gasteiger partial charge in [-0.25, -0.2) is 9.59 Å². The number of carbonyl (C=O) groups is 2. The van der Waals surface area contributed by atoms with Gasteiger partial charge in [-0.15, -0.1) is 0 Å². The SMILES string of the molecule is CCC(C)(C)OC(=O)Oc1ccc([N+](=O)[O-])c(C(=O)O)c1.